The van der Waals surface area contributed by atoms with Gasteiger partial charge in [0.05, 0.1) is 16.6 Å². The number of aromatic nitrogens is 4. The topological polar surface area (TPSA) is 90.5 Å². The van der Waals surface area contributed by atoms with Gasteiger partial charge in [0.1, 0.15) is 23.3 Å². The molecule has 0 saturated heterocycles. The SMILES string of the molecule is Cc1ccc(-c2nn(C)c(-c3nc4cc(C#N)c(F)cc4[nH]3)c2O)c(C)c1. The Morgan fingerprint density at radius 2 is 2.00 bits per heavy atom. The molecule has 2 heterocycles. The average Bonchev–Trinajstić information content (AvgIpc) is 3.13. The van der Waals surface area contributed by atoms with E-state index in [1.165, 1.54) is 16.8 Å². The van der Waals surface area contributed by atoms with Crippen LogP contribution in [0.15, 0.2) is 30.3 Å². The lowest BCUT2D eigenvalue weighted by atomic mass is 10.0. The number of halogens is 1. The van der Waals surface area contributed by atoms with Crippen LogP contribution in [0.4, 0.5) is 4.39 Å². The highest BCUT2D eigenvalue weighted by molar-refractivity contribution is 5.84. The fraction of sp³-hybridized carbons (Fsp3) is 0.150. The molecular weight excluding hydrogens is 345 g/mol. The van der Waals surface area contributed by atoms with Crippen molar-refractivity contribution in [3.8, 4) is 34.6 Å². The minimum absolute atomic E-state index is 0.00973. The summed E-state index contributed by atoms with van der Waals surface area (Å²) in [5, 5.41) is 24.3. The smallest absolute Gasteiger partial charge is 0.173 e. The van der Waals surface area contributed by atoms with Crippen LogP contribution in [0.25, 0.3) is 33.8 Å². The van der Waals surface area contributed by atoms with E-state index in [1.54, 1.807) is 13.1 Å². The molecule has 0 aliphatic carbocycles. The molecule has 134 valence electrons. The molecule has 0 radical (unpaired) electrons. The van der Waals surface area contributed by atoms with Crippen LogP contribution in [0, 0.1) is 31.0 Å². The van der Waals surface area contributed by atoms with Gasteiger partial charge in [0.2, 0.25) is 0 Å². The van der Waals surface area contributed by atoms with Crippen LogP contribution in [-0.4, -0.2) is 24.9 Å². The third-order valence-electron chi connectivity index (χ3n) is 4.57. The Morgan fingerprint density at radius 3 is 2.70 bits per heavy atom. The number of aromatic amines is 1. The molecule has 2 aromatic heterocycles. The van der Waals surface area contributed by atoms with Gasteiger partial charge in [-0.15, -0.1) is 0 Å². The molecule has 2 N–H and O–H groups in total. The fourth-order valence-electron chi connectivity index (χ4n) is 3.27. The van der Waals surface area contributed by atoms with Gasteiger partial charge in [-0.3, -0.25) is 4.68 Å². The second-order valence-corrected chi connectivity index (χ2v) is 6.53. The van der Waals surface area contributed by atoms with Crippen LogP contribution < -0.4 is 0 Å². The zero-order chi connectivity index (χ0) is 19.3. The highest BCUT2D eigenvalue weighted by Gasteiger charge is 2.22. The summed E-state index contributed by atoms with van der Waals surface area (Å²) in [7, 11) is 1.70. The number of aromatic hydroxyl groups is 1. The number of benzene rings is 2. The van der Waals surface area contributed by atoms with Crippen LogP contribution in [0.5, 0.6) is 5.75 Å². The molecule has 0 amide bonds. The standard InChI is InChI=1S/C20H16FN5O/c1-10-4-5-13(11(2)6-10)17-19(27)18(26(3)25-17)20-23-15-7-12(9-22)14(21)8-16(15)24-20/h4-8,27H,1-3H3,(H,23,24). The lowest BCUT2D eigenvalue weighted by molar-refractivity contribution is 0.478. The number of fused-ring (bicyclic) bond motifs is 1. The van der Waals surface area contributed by atoms with Crippen molar-refractivity contribution < 1.29 is 9.50 Å². The molecule has 7 heteroatoms. The molecule has 0 atom stereocenters. The first-order valence-electron chi connectivity index (χ1n) is 8.32. The van der Waals surface area contributed by atoms with Gasteiger partial charge in [-0.2, -0.15) is 10.4 Å². The normalized spacial score (nSPS) is 11.1. The molecule has 0 aliphatic heterocycles. The van der Waals surface area contributed by atoms with Gasteiger partial charge in [-0.05, 0) is 25.5 Å². The van der Waals surface area contributed by atoms with Crippen molar-refractivity contribution >= 4 is 11.0 Å². The molecular formula is C20H16FN5O. The van der Waals surface area contributed by atoms with E-state index in [2.05, 4.69) is 15.1 Å². The van der Waals surface area contributed by atoms with Gasteiger partial charge in [0.15, 0.2) is 11.6 Å². The predicted molar refractivity (Wildman–Crippen MR) is 99.5 cm³/mol. The van der Waals surface area contributed by atoms with Gasteiger partial charge in [0.25, 0.3) is 0 Å². The fourth-order valence-corrected chi connectivity index (χ4v) is 3.27. The van der Waals surface area contributed by atoms with Crippen LogP contribution in [0.3, 0.4) is 0 Å². The van der Waals surface area contributed by atoms with E-state index in [0.717, 1.165) is 16.7 Å². The van der Waals surface area contributed by atoms with Gasteiger partial charge >= 0.3 is 0 Å². The summed E-state index contributed by atoms with van der Waals surface area (Å²) in [4.78, 5) is 7.40. The monoisotopic (exact) mass is 361 g/mol. The van der Waals surface area contributed by atoms with Crippen LogP contribution in [0.2, 0.25) is 0 Å². The molecule has 0 spiro atoms. The second kappa shape index (κ2) is 5.95. The molecule has 0 fully saturated rings. The number of nitrogens with one attached hydrogen (secondary N) is 1. The summed E-state index contributed by atoms with van der Waals surface area (Å²) < 4.78 is 15.4. The number of nitriles is 1. The first kappa shape index (κ1) is 16.8. The average molecular weight is 361 g/mol. The number of H-pyrrole nitrogens is 1. The Labute approximate surface area is 154 Å². The number of hydrogen-bond donors (Lipinski definition) is 2. The van der Waals surface area contributed by atoms with Crippen molar-refractivity contribution in [1.29, 1.82) is 5.26 Å². The zero-order valence-corrected chi connectivity index (χ0v) is 15.0. The molecule has 4 rings (SSSR count). The van der Waals surface area contributed by atoms with E-state index >= 15 is 0 Å². The van der Waals surface area contributed by atoms with Gasteiger partial charge < -0.3 is 10.1 Å². The molecule has 6 nitrogen and oxygen atoms in total. The van der Waals surface area contributed by atoms with E-state index in [4.69, 9.17) is 5.26 Å². The van der Waals surface area contributed by atoms with Crippen molar-refractivity contribution in [2.45, 2.75) is 13.8 Å². The van der Waals surface area contributed by atoms with Crippen molar-refractivity contribution in [2.75, 3.05) is 0 Å². The molecule has 2 aromatic carbocycles. The summed E-state index contributed by atoms with van der Waals surface area (Å²) in [5.41, 5.74) is 4.60. The Hall–Kier alpha value is -3.66. The van der Waals surface area contributed by atoms with Crippen LogP contribution in [-0.2, 0) is 7.05 Å². The number of aryl methyl sites for hydroxylation is 3. The lowest BCUT2D eigenvalue weighted by Crippen LogP contribution is -1.95. The molecule has 0 aliphatic rings. The quantitative estimate of drug-likeness (QED) is 0.565. The molecule has 0 saturated carbocycles. The maximum absolute atomic E-state index is 13.9. The van der Waals surface area contributed by atoms with Crippen LogP contribution >= 0.6 is 0 Å². The lowest BCUT2D eigenvalue weighted by Gasteiger charge is -2.04. The highest BCUT2D eigenvalue weighted by atomic mass is 19.1. The summed E-state index contributed by atoms with van der Waals surface area (Å²) in [5.74, 6) is -0.280. The van der Waals surface area contributed by atoms with Crippen molar-refractivity contribution in [3.05, 3.63) is 52.8 Å². The Kier molecular flexibility index (Phi) is 3.70. The summed E-state index contributed by atoms with van der Waals surface area (Å²) >= 11 is 0. The third-order valence-corrected chi connectivity index (χ3v) is 4.57. The van der Waals surface area contributed by atoms with Crippen molar-refractivity contribution in [2.24, 2.45) is 7.05 Å². The van der Waals surface area contributed by atoms with E-state index < -0.39 is 5.82 Å². The third kappa shape index (κ3) is 2.62. The van der Waals surface area contributed by atoms with Gasteiger partial charge in [-0.25, -0.2) is 9.37 Å². The van der Waals surface area contributed by atoms with Crippen molar-refractivity contribution in [1.82, 2.24) is 19.7 Å². The zero-order valence-electron chi connectivity index (χ0n) is 15.0. The van der Waals surface area contributed by atoms with E-state index in [9.17, 15) is 9.50 Å². The maximum atomic E-state index is 13.9. The van der Waals surface area contributed by atoms with Crippen LogP contribution in [0.1, 0.15) is 16.7 Å². The molecule has 4 aromatic rings. The van der Waals surface area contributed by atoms with Gasteiger partial charge in [0, 0.05) is 18.7 Å². The highest BCUT2D eigenvalue weighted by Crippen LogP contribution is 2.38. The van der Waals surface area contributed by atoms with Gasteiger partial charge in [-0.1, -0.05) is 23.8 Å². The van der Waals surface area contributed by atoms with E-state index in [1.807, 2.05) is 32.0 Å². The predicted octanol–water partition coefficient (Wildman–Crippen LogP) is 3.96. The molecule has 27 heavy (non-hydrogen) atoms. The number of hydrogen-bond acceptors (Lipinski definition) is 4. The maximum Gasteiger partial charge on any atom is 0.173 e. The molecule has 0 unspecified atom stereocenters. The summed E-state index contributed by atoms with van der Waals surface area (Å²) in [6.45, 7) is 3.97. The largest absolute Gasteiger partial charge is 0.504 e. The summed E-state index contributed by atoms with van der Waals surface area (Å²) in [6.07, 6.45) is 0. The first-order chi connectivity index (χ1) is 12.9. The first-order valence-corrected chi connectivity index (χ1v) is 8.32. The minimum atomic E-state index is -0.620. The molecule has 0 bridgehead atoms. The van der Waals surface area contributed by atoms with E-state index in [-0.39, 0.29) is 11.3 Å². The van der Waals surface area contributed by atoms with E-state index in [0.29, 0.717) is 28.2 Å². The number of rotatable bonds is 2. The minimum Gasteiger partial charge on any atom is -0.504 e. The Morgan fingerprint density at radius 1 is 1.22 bits per heavy atom. The second-order valence-electron chi connectivity index (χ2n) is 6.53. The Balaban J connectivity index is 1.89. The summed E-state index contributed by atoms with van der Waals surface area (Å²) in [6, 6.07) is 10.3. The number of imidazole rings is 1. The number of nitrogens with zero attached hydrogens (tertiary/aromatic N) is 4. The van der Waals surface area contributed by atoms with Crippen molar-refractivity contribution in [3.63, 3.8) is 0 Å². The Bertz CT molecular complexity index is 1250.